The molecular formula is C18H22N2O2. The highest BCUT2D eigenvalue weighted by Gasteiger charge is 2.07. The van der Waals surface area contributed by atoms with Crippen molar-refractivity contribution in [1.82, 2.24) is 0 Å². The Hall–Kier alpha value is -2.49. The van der Waals surface area contributed by atoms with Crippen LogP contribution in [0, 0.1) is 0 Å². The van der Waals surface area contributed by atoms with E-state index in [1.165, 1.54) is 0 Å². The van der Waals surface area contributed by atoms with Gasteiger partial charge in [-0.2, -0.15) is 0 Å². The molecular weight excluding hydrogens is 276 g/mol. The monoisotopic (exact) mass is 298 g/mol. The molecule has 116 valence electrons. The maximum Gasteiger partial charge on any atom is 0.411 e. The molecule has 2 rings (SSSR count). The lowest BCUT2D eigenvalue weighted by Gasteiger charge is -2.24. The van der Waals surface area contributed by atoms with Gasteiger partial charge >= 0.3 is 6.09 Å². The lowest BCUT2D eigenvalue weighted by molar-refractivity contribution is 0.164. The number of benzene rings is 2. The van der Waals surface area contributed by atoms with E-state index in [4.69, 9.17) is 4.74 Å². The Bertz CT molecular complexity index is 558. The van der Waals surface area contributed by atoms with Gasteiger partial charge in [-0.05, 0) is 30.7 Å². The Morgan fingerprint density at radius 3 is 2.27 bits per heavy atom. The van der Waals surface area contributed by atoms with Crippen LogP contribution in [-0.4, -0.2) is 25.8 Å². The van der Waals surface area contributed by atoms with E-state index < -0.39 is 6.09 Å². The lowest BCUT2D eigenvalue weighted by atomic mass is 10.2. The number of ether oxygens (including phenoxy) is 1. The van der Waals surface area contributed by atoms with Crippen molar-refractivity contribution in [2.45, 2.75) is 13.3 Å². The van der Waals surface area contributed by atoms with E-state index in [0.29, 0.717) is 13.2 Å². The van der Waals surface area contributed by atoms with Gasteiger partial charge in [0.25, 0.3) is 0 Å². The molecule has 0 unspecified atom stereocenters. The van der Waals surface area contributed by atoms with Gasteiger partial charge in [-0.3, -0.25) is 5.32 Å². The van der Waals surface area contributed by atoms with Gasteiger partial charge in [-0.1, -0.05) is 43.3 Å². The SMILES string of the molecule is CCCN(CCOC(=O)Nc1ccccc1)c1ccccc1. The fourth-order valence-corrected chi connectivity index (χ4v) is 2.20. The second-order valence-corrected chi connectivity index (χ2v) is 4.95. The number of carbonyl (C=O) groups is 1. The second-order valence-electron chi connectivity index (χ2n) is 4.95. The Morgan fingerprint density at radius 2 is 1.64 bits per heavy atom. The number of rotatable bonds is 7. The van der Waals surface area contributed by atoms with E-state index >= 15 is 0 Å². The molecule has 0 aromatic heterocycles. The molecule has 0 aliphatic carbocycles. The third kappa shape index (κ3) is 5.13. The van der Waals surface area contributed by atoms with Crippen LogP contribution < -0.4 is 10.2 Å². The van der Waals surface area contributed by atoms with E-state index in [-0.39, 0.29) is 0 Å². The van der Waals surface area contributed by atoms with Gasteiger partial charge in [0.2, 0.25) is 0 Å². The summed E-state index contributed by atoms with van der Waals surface area (Å²) in [6.45, 7) is 4.11. The minimum absolute atomic E-state index is 0.355. The van der Waals surface area contributed by atoms with Crippen LogP contribution in [0.4, 0.5) is 16.2 Å². The average Bonchev–Trinajstić information content (AvgIpc) is 2.56. The molecule has 0 atom stereocenters. The second kappa shape index (κ2) is 8.72. The number of hydrogen-bond donors (Lipinski definition) is 1. The van der Waals surface area contributed by atoms with Crippen molar-refractivity contribution in [2.24, 2.45) is 0 Å². The minimum Gasteiger partial charge on any atom is -0.447 e. The molecule has 0 fully saturated rings. The number of carbonyl (C=O) groups excluding carboxylic acids is 1. The maximum atomic E-state index is 11.7. The van der Waals surface area contributed by atoms with Crippen molar-refractivity contribution >= 4 is 17.5 Å². The molecule has 0 heterocycles. The Labute approximate surface area is 131 Å². The topological polar surface area (TPSA) is 41.6 Å². The summed E-state index contributed by atoms with van der Waals surface area (Å²) in [6.07, 6.45) is 0.626. The predicted molar refractivity (Wildman–Crippen MR) is 90.4 cm³/mol. The number of hydrogen-bond acceptors (Lipinski definition) is 3. The first-order valence-electron chi connectivity index (χ1n) is 7.58. The zero-order valence-electron chi connectivity index (χ0n) is 12.9. The van der Waals surface area contributed by atoms with Crippen LogP contribution in [0.1, 0.15) is 13.3 Å². The molecule has 0 aliphatic heterocycles. The molecule has 4 nitrogen and oxygen atoms in total. The van der Waals surface area contributed by atoms with E-state index in [1.54, 1.807) is 0 Å². The summed E-state index contributed by atoms with van der Waals surface area (Å²) in [7, 11) is 0. The number of amides is 1. The molecule has 1 amide bonds. The van der Waals surface area contributed by atoms with E-state index in [2.05, 4.69) is 29.3 Å². The Kier molecular flexibility index (Phi) is 6.30. The zero-order chi connectivity index (χ0) is 15.6. The molecule has 0 spiro atoms. The van der Waals surface area contributed by atoms with Gasteiger partial charge < -0.3 is 9.64 Å². The third-order valence-corrected chi connectivity index (χ3v) is 3.23. The number of nitrogens with one attached hydrogen (secondary N) is 1. The summed E-state index contributed by atoms with van der Waals surface area (Å²) in [5.74, 6) is 0. The van der Waals surface area contributed by atoms with Crippen molar-refractivity contribution in [2.75, 3.05) is 29.9 Å². The summed E-state index contributed by atoms with van der Waals surface area (Å²) in [5, 5.41) is 2.71. The smallest absolute Gasteiger partial charge is 0.411 e. The number of para-hydroxylation sites is 2. The predicted octanol–water partition coefficient (Wildman–Crippen LogP) is 4.15. The molecule has 2 aromatic carbocycles. The molecule has 4 heteroatoms. The summed E-state index contributed by atoms with van der Waals surface area (Å²) in [6, 6.07) is 19.5. The average molecular weight is 298 g/mol. The summed E-state index contributed by atoms with van der Waals surface area (Å²) in [4.78, 5) is 14.0. The highest BCUT2D eigenvalue weighted by atomic mass is 16.5. The molecule has 1 N–H and O–H groups in total. The van der Waals surface area contributed by atoms with Gasteiger partial charge in [0.15, 0.2) is 0 Å². The van der Waals surface area contributed by atoms with Crippen LogP contribution in [0.15, 0.2) is 60.7 Å². The maximum absolute atomic E-state index is 11.7. The quantitative estimate of drug-likeness (QED) is 0.835. The minimum atomic E-state index is -0.421. The first-order valence-corrected chi connectivity index (χ1v) is 7.58. The molecule has 2 aromatic rings. The summed E-state index contributed by atoms with van der Waals surface area (Å²) in [5.41, 5.74) is 1.89. The highest BCUT2D eigenvalue weighted by molar-refractivity contribution is 5.84. The summed E-state index contributed by atoms with van der Waals surface area (Å²) < 4.78 is 5.25. The van der Waals surface area contributed by atoms with Gasteiger partial charge in [0.1, 0.15) is 6.61 Å². The highest BCUT2D eigenvalue weighted by Crippen LogP contribution is 2.13. The first kappa shape index (κ1) is 15.9. The molecule has 0 saturated carbocycles. The van der Waals surface area contributed by atoms with Crippen LogP contribution in [0.3, 0.4) is 0 Å². The third-order valence-electron chi connectivity index (χ3n) is 3.23. The standard InChI is InChI=1S/C18H22N2O2/c1-2-13-20(17-11-7-4-8-12-17)14-15-22-18(21)19-16-9-5-3-6-10-16/h3-12H,2,13-15H2,1H3,(H,19,21). The molecule has 0 radical (unpaired) electrons. The Morgan fingerprint density at radius 1 is 1.00 bits per heavy atom. The normalized spacial score (nSPS) is 10.0. The van der Waals surface area contributed by atoms with Crippen LogP contribution in [0.25, 0.3) is 0 Å². The van der Waals surface area contributed by atoms with Crippen LogP contribution in [0.2, 0.25) is 0 Å². The molecule has 0 aliphatic rings. The van der Waals surface area contributed by atoms with Gasteiger partial charge in [0.05, 0.1) is 6.54 Å². The zero-order valence-corrected chi connectivity index (χ0v) is 12.9. The van der Waals surface area contributed by atoms with E-state index in [9.17, 15) is 4.79 Å². The van der Waals surface area contributed by atoms with Gasteiger partial charge in [-0.25, -0.2) is 4.79 Å². The number of nitrogens with zero attached hydrogens (tertiary/aromatic N) is 1. The lowest BCUT2D eigenvalue weighted by Crippen LogP contribution is -2.29. The van der Waals surface area contributed by atoms with Crippen LogP contribution >= 0.6 is 0 Å². The van der Waals surface area contributed by atoms with E-state index in [0.717, 1.165) is 24.3 Å². The fraction of sp³-hybridized carbons (Fsp3) is 0.278. The van der Waals surface area contributed by atoms with Gasteiger partial charge in [-0.15, -0.1) is 0 Å². The van der Waals surface area contributed by atoms with Crippen molar-refractivity contribution < 1.29 is 9.53 Å². The van der Waals surface area contributed by atoms with Crippen molar-refractivity contribution in [3.8, 4) is 0 Å². The van der Waals surface area contributed by atoms with Crippen LogP contribution in [-0.2, 0) is 4.74 Å². The molecule has 0 saturated heterocycles. The molecule has 22 heavy (non-hydrogen) atoms. The summed E-state index contributed by atoms with van der Waals surface area (Å²) >= 11 is 0. The van der Waals surface area contributed by atoms with Crippen molar-refractivity contribution in [3.05, 3.63) is 60.7 Å². The van der Waals surface area contributed by atoms with Crippen LogP contribution in [0.5, 0.6) is 0 Å². The van der Waals surface area contributed by atoms with Gasteiger partial charge in [0, 0.05) is 17.9 Å². The number of anilines is 2. The molecule has 0 bridgehead atoms. The largest absolute Gasteiger partial charge is 0.447 e. The first-order chi connectivity index (χ1) is 10.8. The van der Waals surface area contributed by atoms with E-state index in [1.807, 2.05) is 48.5 Å². The Balaban J connectivity index is 1.79. The van der Waals surface area contributed by atoms with Crippen molar-refractivity contribution in [3.63, 3.8) is 0 Å². The fourth-order valence-electron chi connectivity index (χ4n) is 2.20. The van der Waals surface area contributed by atoms with Crippen molar-refractivity contribution in [1.29, 1.82) is 0 Å².